The quantitative estimate of drug-likeness (QED) is 0.362. The molecule has 8 nitrogen and oxygen atoms in total. The fraction of sp³-hybridized carbons (Fsp3) is 0.818. The maximum atomic E-state index is 12.7. The minimum absolute atomic E-state index is 0.0382. The molecule has 0 bridgehead atoms. The second-order valence-electron chi connectivity index (χ2n) is 14.8. The molecule has 0 radical (unpaired) electrons. The summed E-state index contributed by atoms with van der Waals surface area (Å²) in [4.78, 5) is 42.2. The molecule has 1 heterocycles. The van der Waals surface area contributed by atoms with Crippen LogP contribution in [0.4, 0.5) is 0 Å². The average Bonchev–Trinajstić information content (AvgIpc) is 3.25. The van der Waals surface area contributed by atoms with Gasteiger partial charge in [0.25, 0.3) is 5.91 Å². The number of hydrogen-bond donors (Lipinski definition) is 2. The Morgan fingerprint density at radius 3 is 2.56 bits per heavy atom. The van der Waals surface area contributed by atoms with E-state index >= 15 is 0 Å². The molecule has 0 spiro atoms. The number of hydrogen-bond acceptors (Lipinski definition) is 6. The molecule has 41 heavy (non-hydrogen) atoms. The third-order valence-corrected chi connectivity index (χ3v) is 11.9. The van der Waals surface area contributed by atoms with Crippen LogP contribution in [-0.4, -0.2) is 53.3 Å². The van der Waals surface area contributed by atoms with Crippen molar-refractivity contribution in [3.05, 3.63) is 11.6 Å². The smallest absolute Gasteiger partial charge is 0.305 e. The number of ether oxygens (including phenoxy) is 1. The summed E-state index contributed by atoms with van der Waals surface area (Å²) in [7, 11) is 0. The molecule has 0 aromatic carbocycles. The molecule has 4 aliphatic carbocycles. The van der Waals surface area contributed by atoms with Crippen molar-refractivity contribution in [2.24, 2.45) is 45.6 Å². The highest BCUT2D eigenvalue weighted by Crippen LogP contribution is 2.66. The number of aliphatic carboxylic acids is 1. The molecule has 4 fully saturated rings. The largest absolute Gasteiger partial charge is 0.481 e. The van der Waals surface area contributed by atoms with Crippen LogP contribution in [0.1, 0.15) is 105 Å². The first-order chi connectivity index (χ1) is 19.3. The summed E-state index contributed by atoms with van der Waals surface area (Å²) in [6.45, 7) is 11.0. The maximum absolute atomic E-state index is 12.7. The van der Waals surface area contributed by atoms with Gasteiger partial charge in [0.2, 0.25) is 0 Å². The van der Waals surface area contributed by atoms with Crippen LogP contribution < -0.4 is 5.32 Å². The first kappa shape index (κ1) is 30.2. The van der Waals surface area contributed by atoms with Crippen LogP contribution in [0.15, 0.2) is 16.8 Å². The monoisotopic (exact) mass is 570 g/mol. The number of rotatable bonds is 8. The summed E-state index contributed by atoms with van der Waals surface area (Å²) in [5.41, 5.74) is 2.35. The molecule has 0 unspecified atom stereocenters. The van der Waals surface area contributed by atoms with Crippen LogP contribution in [0.2, 0.25) is 0 Å². The number of nitrogens with one attached hydrogen (secondary N) is 1. The lowest BCUT2D eigenvalue weighted by atomic mass is 9.46. The fourth-order valence-corrected chi connectivity index (χ4v) is 9.88. The third-order valence-electron chi connectivity index (χ3n) is 11.9. The topological polar surface area (TPSA) is 114 Å². The van der Waals surface area contributed by atoms with Gasteiger partial charge < -0.3 is 20.0 Å². The standard InChI is InChI=1S/C33H50N2O6/c1-20(36)25-8-9-26-24-7-6-22-16-23(10-13-32(22,4)27(24)11-14-33(25,26)5)35-41-19-29(37)34-28(17-30(38)39)21-12-15-40-31(2,3)18-21/h16,21,24-28H,6-15,17-19H2,1-5H3,(H,34,37)(H,38,39)/b35-23-/t21-,24+,25-,26+,27+,28+,32+,33-/m1/s1. The van der Waals surface area contributed by atoms with E-state index in [1.54, 1.807) is 6.92 Å². The Hall–Kier alpha value is -2.22. The predicted octanol–water partition coefficient (Wildman–Crippen LogP) is 5.69. The second kappa shape index (κ2) is 11.5. The number of amides is 1. The number of nitrogens with zero attached hydrogens (tertiary/aromatic N) is 1. The highest BCUT2D eigenvalue weighted by atomic mass is 16.6. The summed E-state index contributed by atoms with van der Waals surface area (Å²) >= 11 is 0. The number of fused-ring (bicyclic) bond motifs is 5. The molecule has 8 heteroatoms. The van der Waals surface area contributed by atoms with E-state index in [2.05, 4.69) is 30.4 Å². The van der Waals surface area contributed by atoms with Crippen molar-refractivity contribution in [2.45, 2.75) is 117 Å². The lowest BCUT2D eigenvalue weighted by Gasteiger charge is -2.58. The van der Waals surface area contributed by atoms with E-state index in [-0.39, 0.29) is 47.2 Å². The number of ketones is 1. The Morgan fingerprint density at radius 2 is 1.85 bits per heavy atom. The first-order valence-electron chi connectivity index (χ1n) is 15.9. The van der Waals surface area contributed by atoms with Crippen LogP contribution in [-0.2, 0) is 24.0 Å². The molecule has 2 N–H and O–H groups in total. The van der Waals surface area contributed by atoms with Gasteiger partial charge in [-0.3, -0.25) is 14.4 Å². The SMILES string of the molecule is CC(=O)[C@H]1CC[C@H]2[C@@H]3CCC4=C/C(=N\OCC(=O)N[C@@H](CC(=O)O)[C@@H]5CCOC(C)(C)C5)CC[C@]4(C)[C@H]3CC[C@]12C. The first-order valence-corrected chi connectivity index (χ1v) is 15.9. The highest BCUT2D eigenvalue weighted by Gasteiger charge is 2.59. The van der Waals surface area contributed by atoms with Gasteiger partial charge in [0.05, 0.1) is 17.7 Å². The Balaban J connectivity index is 1.19. The second-order valence-corrected chi connectivity index (χ2v) is 14.8. The number of carbonyl (C=O) groups is 3. The van der Waals surface area contributed by atoms with Crippen LogP contribution >= 0.6 is 0 Å². The van der Waals surface area contributed by atoms with Gasteiger partial charge in [0.1, 0.15) is 5.78 Å². The van der Waals surface area contributed by atoms with Gasteiger partial charge in [-0.05, 0) is 126 Å². The van der Waals surface area contributed by atoms with Crippen LogP contribution in [0.5, 0.6) is 0 Å². The van der Waals surface area contributed by atoms with Gasteiger partial charge in [-0.2, -0.15) is 0 Å². The molecule has 5 rings (SSSR count). The molecular formula is C33H50N2O6. The fourth-order valence-electron chi connectivity index (χ4n) is 9.88. The van der Waals surface area contributed by atoms with Crippen molar-refractivity contribution in [1.29, 1.82) is 0 Å². The summed E-state index contributed by atoms with van der Waals surface area (Å²) in [5, 5.41) is 16.7. The van der Waals surface area contributed by atoms with Crippen molar-refractivity contribution in [3.8, 4) is 0 Å². The molecule has 228 valence electrons. The highest BCUT2D eigenvalue weighted by molar-refractivity contribution is 5.96. The predicted molar refractivity (Wildman–Crippen MR) is 156 cm³/mol. The molecule has 0 aromatic rings. The molecule has 1 aliphatic heterocycles. The van der Waals surface area contributed by atoms with E-state index in [0.717, 1.165) is 44.2 Å². The van der Waals surface area contributed by atoms with Gasteiger partial charge >= 0.3 is 5.97 Å². The summed E-state index contributed by atoms with van der Waals surface area (Å²) in [6.07, 6.45) is 12.2. The van der Waals surface area contributed by atoms with Crippen LogP contribution in [0, 0.1) is 40.4 Å². The number of carboxylic acid groups (broad SMARTS) is 1. The van der Waals surface area contributed by atoms with Gasteiger partial charge in [0, 0.05) is 18.6 Å². The minimum atomic E-state index is -0.929. The minimum Gasteiger partial charge on any atom is -0.481 e. The summed E-state index contributed by atoms with van der Waals surface area (Å²) in [6, 6.07) is -0.463. The molecule has 1 amide bonds. The summed E-state index contributed by atoms with van der Waals surface area (Å²) < 4.78 is 5.78. The zero-order valence-electron chi connectivity index (χ0n) is 25.7. The number of carboxylic acids is 1. The van der Waals surface area contributed by atoms with E-state index in [9.17, 15) is 19.5 Å². The Bertz CT molecular complexity index is 1110. The molecule has 1 saturated heterocycles. The number of carbonyl (C=O) groups excluding carboxylic acids is 2. The summed E-state index contributed by atoms with van der Waals surface area (Å²) in [5.74, 6) is 1.39. The van der Waals surface area contributed by atoms with Gasteiger partial charge in [-0.25, -0.2) is 0 Å². The van der Waals surface area contributed by atoms with E-state index in [0.29, 0.717) is 36.6 Å². The Labute approximate surface area is 245 Å². The Kier molecular flexibility index (Phi) is 8.45. The molecule has 3 saturated carbocycles. The lowest BCUT2D eigenvalue weighted by molar-refractivity contribution is -0.140. The van der Waals surface area contributed by atoms with Gasteiger partial charge in [-0.1, -0.05) is 24.6 Å². The maximum Gasteiger partial charge on any atom is 0.305 e. The average molecular weight is 571 g/mol. The van der Waals surface area contributed by atoms with E-state index in [4.69, 9.17) is 9.57 Å². The normalized spacial score (nSPS) is 39.5. The number of oxime groups is 1. The molecule has 8 atom stereocenters. The van der Waals surface area contributed by atoms with Crippen molar-refractivity contribution in [3.63, 3.8) is 0 Å². The molecule has 5 aliphatic rings. The van der Waals surface area contributed by atoms with Crippen LogP contribution in [0.3, 0.4) is 0 Å². The number of Topliss-reactive ketones (excluding diaryl/α,β-unsaturated/α-hetero) is 1. The lowest BCUT2D eigenvalue weighted by Crippen LogP contribution is -2.51. The van der Waals surface area contributed by atoms with E-state index in [1.807, 2.05) is 13.8 Å². The van der Waals surface area contributed by atoms with E-state index < -0.39 is 12.0 Å². The van der Waals surface area contributed by atoms with Crippen molar-refractivity contribution in [2.75, 3.05) is 13.2 Å². The van der Waals surface area contributed by atoms with Gasteiger partial charge in [-0.15, -0.1) is 0 Å². The van der Waals surface area contributed by atoms with Crippen molar-refractivity contribution in [1.82, 2.24) is 5.32 Å². The number of allylic oxidation sites excluding steroid dienone is 2. The van der Waals surface area contributed by atoms with Crippen LogP contribution in [0.25, 0.3) is 0 Å². The molecule has 0 aromatic heterocycles. The van der Waals surface area contributed by atoms with Gasteiger partial charge in [0.15, 0.2) is 6.61 Å². The zero-order valence-corrected chi connectivity index (χ0v) is 25.7. The van der Waals surface area contributed by atoms with Crippen molar-refractivity contribution < 1.29 is 29.1 Å². The Morgan fingerprint density at radius 1 is 1.07 bits per heavy atom. The van der Waals surface area contributed by atoms with E-state index in [1.165, 1.54) is 24.8 Å². The molecular weight excluding hydrogens is 520 g/mol. The zero-order chi connectivity index (χ0) is 29.6. The van der Waals surface area contributed by atoms with Crippen molar-refractivity contribution >= 4 is 23.4 Å². The third kappa shape index (κ3) is 6.00.